The lowest BCUT2D eigenvalue weighted by molar-refractivity contribution is -0.139. The molecule has 2 heterocycles. The van der Waals surface area contributed by atoms with Crippen molar-refractivity contribution in [1.29, 1.82) is 0 Å². The maximum atomic E-state index is 13.5. The Morgan fingerprint density at radius 1 is 0.840 bits per heavy atom. The van der Waals surface area contributed by atoms with Crippen molar-refractivity contribution < 1.29 is 13.2 Å². The first kappa shape index (κ1) is 15.8. The van der Waals surface area contributed by atoms with E-state index < -0.39 is 11.9 Å². The molecule has 0 saturated heterocycles. The van der Waals surface area contributed by atoms with Gasteiger partial charge < -0.3 is 0 Å². The molecule has 4 aromatic rings. The second kappa shape index (κ2) is 5.67. The van der Waals surface area contributed by atoms with Crippen molar-refractivity contribution in [2.45, 2.75) is 6.18 Å². The van der Waals surface area contributed by atoms with Crippen molar-refractivity contribution in [2.24, 2.45) is 0 Å². The van der Waals surface area contributed by atoms with Gasteiger partial charge in [0.05, 0.1) is 16.4 Å². The molecule has 124 valence electrons. The van der Waals surface area contributed by atoms with Gasteiger partial charge in [0.25, 0.3) is 0 Å². The molecule has 0 unspecified atom stereocenters. The fourth-order valence-electron chi connectivity index (χ4n) is 2.66. The van der Waals surface area contributed by atoms with Gasteiger partial charge in [-0.3, -0.25) is 4.98 Å². The number of aromatic nitrogens is 3. The third kappa shape index (κ3) is 2.78. The predicted molar refractivity (Wildman–Crippen MR) is 90.3 cm³/mol. The molecule has 0 saturated carbocycles. The summed E-state index contributed by atoms with van der Waals surface area (Å²) in [5.41, 5.74) is 0.250. The number of para-hydroxylation sites is 1. The minimum Gasteiger partial charge on any atom is -0.255 e. The maximum absolute atomic E-state index is 13.5. The molecule has 2 aromatic carbocycles. The van der Waals surface area contributed by atoms with Gasteiger partial charge in [-0.25, -0.2) is 9.97 Å². The number of alkyl halides is 3. The summed E-state index contributed by atoms with van der Waals surface area (Å²) in [6.45, 7) is 0. The number of hydrogen-bond donors (Lipinski definition) is 0. The molecule has 0 N–H and O–H groups in total. The molecular formula is C18H9ClF3N3. The molecule has 4 rings (SSSR count). The third-order valence-electron chi connectivity index (χ3n) is 3.81. The monoisotopic (exact) mass is 359 g/mol. The Kier molecular flexibility index (Phi) is 3.58. The number of rotatable bonds is 1. The Balaban J connectivity index is 2.11. The molecule has 0 aliphatic carbocycles. The van der Waals surface area contributed by atoms with Crippen LogP contribution < -0.4 is 0 Å². The average molecular weight is 360 g/mol. The van der Waals surface area contributed by atoms with Crippen molar-refractivity contribution >= 4 is 33.4 Å². The summed E-state index contributed by atoms with van der Waals surface area (Å²) in [5.74, 6) is -0.00663. The lowest BCUT2D eigenvalue weighted by atomic mass is 10.1. The van der Waals surface area contributed by atoms with Crippen LogP contribution in [-0.4, -0.2) is 15.0 Å². The molecule has 7 heteroatoms. The number of benzene rings is 2. The molecule has 2 aromatic heterocycles. The molecule has 0 radical (unpaired) electrons. The molecule has 0 aliphatic heterocycles. The normalized spacial score (nSPS) is 12.0. The van der Waals surface area contributed by atoms with Crippen molar-refractivity contribution in [3.05, 3.63) is 65.4 Å². The van der Waals surface area contributed by atoms with E-state index >= 15 is 0 Å². The van der Waals surface area contributed by atoms with Crippen LogP contribution >= 0.6 is 11.6 Å². The maximum Gasteiger partial charge on any atom is 0.434 e. The van der Waals surface area contributed by atoms with Gasteiger partial charge in [-0.1, -0.05) is 29.8 Å². The number of hydrogen-bond acceptors (Lipinski definition) is 3. The summed E-state index contributed by atoms with van der Waals surface area (Å²) in [6.07, 6.45) is -3.45. The quantitative estimate of drug-likeness (QED) is 0.420. The molecule has 0 amide bonds. The first-order valence-electron chi connectivity index (χ1n) is 7.32. The van der Waals surface area contributed by atoms with Crippen LogP contribution in [-0.2, 0) is 6.18 Å². The summed E-state index contributed by atoms with van der Waals surface area (Å²) < 4.78 is 40.6. The van der Waals surface area contributed by atoms with Gasteiger partial charge in [0, 0.05) is 22.2 Å². The molecule has 0 atom stereocenters. The zero-order chi connectivity index (χ0) is 17.6. The Hall–Kier alpha value is -2.73. The summed E-state index contributed by atoms with van der Waals surface area (Å²) >= 11 is 5.85. The smallest absolute Gasteiger partial charge is 0.255 e. The van der Waals surface area contributed by atoms with Gasteiger partial charge >= 0.3 is 6.18 Å². The zero-order valence-corrected chi connectivity index (χ0v) is 13.3. The van der Waals surface area contributed by atoms with Gasteiger partial charge in [0.1, 0.15) is 0 Å². The van der Waals surface area contributed by atoms with E-state index in [1.54, 1.807) is 48.5 Å². The fraction of sp³-hybridized carbons (Fsp3) is 0.0556. The van der Waals surface area contributed by atoms with Crippen LogP contribution in [0.25, 0.3) is 33.2 Å². The van der Waals surface area contributed by atoms with Crippen LogP contribution in [0.15, 0.2) is 54.7 Å². The van der Waals surface area contributed by atoms with Crippen molar-refractivity contribution in [1.82, 2.24) is 15.0 Å². The lowest BCUT2D eigenvalue weighted by Crippen LogP contribution is -2.11. The van der Waals surface area contributed by atoms with Crippen LogP contribution in [0.1, 0.15) is 5.69 Å². The number of halogens is 4. The number of fused-ring (bicyclic) bond motifs is 3. The first-order chi connectivity index (χ1) is 11.9. The second-order valence-corrected chi connectivity index (χ2v) is 5.87. The van der Waals surface area contributed by atoms with E-state index in [-0.39, 0.29) is 16.7 Å². The van der Waals surface area contributed by atoms with E-state index in [2.05, 4.69) is 15.0 Å². The Bertz CT molecular complexity index is 1090. The SMILES string of the molecule is FC(F)(F)c1nc(-c2ccc(Cl)cc2)nc2c1cnc1ccccc12. The van der Waals surface area contributed by atoms with Crippen LogP contribution in [0, 0.1) is 0 Å². The van der Waals surface area contributed by atoms with Crippen LogP contribution in [0.4, 0.5) is 13.2 Å². The van der Waals surface area contributed by atoms with Gasteiger partial charge in [0.2, 0.25) is 0 Å². The Morgan fingerprint density at radius 2 is 1.56 bits per heavy atom. The Labute approximate surface area is 145 Å². The summed E-state index contributed by atoms with van der Waals surface area (Å²) in [4.78, 5) is 12.2. The first-order valence-corrected chi connectivity index (χ1v) is 7.70. The Morgan fingerprint density at radius 3 is 2.28 bits per heavy atom. The van der Waals surface area contributed by atoms with Gasteiger partial charge in [0.15, 0.2) is 11.5 Å². The molecular weight excluding hydrogens is 351 g/mol. The standard InChI is InChI=1S/C18H9ClF3N3/c19-11-7-5-10(6-8-11)17-24-15-12-3-1-2-4-14(12)23-9-13(15)16(25-17)18(20,21)22/h1-9H. The van der Waals surface area contributed by atoms with Gasteiger partial charge in [-0.15, -0.1) is 0 Å². The molecule has 0 fully saturated rings. The van der Waals surface area contributed by atoms with E-state index in [1.807, 2.05) is 0 Å². The van der Waals surface area contributed by atoms with Crippen molar-refractivity contribution in [3.8, 4) is 11.4 Å². The van der Waals surface area contributed by atoms with Crippen LogP contribution in [0.3, 0.4) is 0 Å². The van der Waals surface area contributed by atoms with Gasteiger partial charge in [-0.2, -0.15) is 13.2 Å². The zero-order valence-electron chi connectivity index (χ0n) is 12.5. The highest BCUT2D eigenvalue weighted by Crippen LogP contribution is 2.36. The highest BCUT2D eigenvalue weighted by molar-refractivity contribution is 6.30. The predicted octanol–water partition coefficient (Wildman–Crippen LogP) is 5.52. The van der Waals surface area contributed by atoms with E-state index in [1.165, 1.54) is 6.20 Å². The number of nitrogens with zero attached hydrogens (tertiary/aromatic N) is 3. The lowest BCUT2D eigenvalue weighted by Gasteiger charge is -2.12. The average Bonchev–Trinajstić information content (AvgIpc) is 2.60. The molecule has 0 aliphatic rings. The van der Waals surface area contributed by atoms with E-state index in [9.17, 15) is 13.2 Å². The fourth-order valence-corrected chi connectivity index (χ4v) is 2.79. The van der Waals surface area contributed by atoms with Gasteiger partial charge in [-0.05, 0) is 30.3 Å². The van der Waals surface area contributed by atoms with Crippen LogP contribution in [0.5, 0.6) is 0 Å². The summed E-state index contributed by atoms with van der Waals surface area (Å²) in [7, 11) is 0. The van der Waals surface area contributed by atoms with E-state index in [4.69, 9.17) is 11.6 Å². The minimum atomic E-state index is -4.62. The van der Waals surface area contributed by atoms with Crippen molar-refractivity contribution in [3.63, 3.8) is 0 Å². The minimum absolute atomic E-state index is 0.00663. The third-order valence-corrected chi connectivity index (χ3v) is 4.06. The molecule has 25 heavy (non-hydrogen) atoms. The topological polar surface area (TPSA) is 38.7 Å². The number of pyridine rings is 1. The molecule has 3 nitrogen and oxygen atoms in total. The summed E-state index contributed by atoms with van der Waals surface area (Å²) in [6, 6.07) is 13.3. The molecule has 0 spiro atoms. The van der Waals surface area contributed by atoms with Crippen molar-refractivity contribution in [2.75, 3.05) is 0 Å². The second-order valence-electron chi connectivity index (χ2n) is 5.44. The largest absolute Gasteiger partial charge is 0.434 e. The van der Waals surface area contributed by atoms with E-state index in [0.717, 1.165) is 0 Å². The highest BCUT2D eigenvalue weighted by Gasteiger charge is 2.36. The summed E-state index contributed by atoms with van der Waals surface area (Å²) in [5, 5.41) is 0.905. The van der Waals surface area contributed by atoms with E-state index in [0.29, 0.717) is 21.5 Å². The highest BCUT2D eigenvalue weighted by atomic mass is 35.5. The van der Waals surface area contributed by atoms with Crippen LogP contribution in [0.2, 0.25) is 5.02 Å². The molecule has 0 bridgehead atoms.